The highest BCUT2D eigenvalue weighted by atomic mass is 16.5. The first-order valence-corrected chi connectivity index (χ1v) is 8.60. The summed E-state index contributed by atoms with van der Waals surface area (Å²) in [5.74, 6) is -0.174. The largest absolute Gasteiger partial charge is 0.493 e. The van der Waals surface area contributed by atoms with E-state index in [-0.39, 0.29) is 18.8 Å². The van der Waals surface area contributed by atoms with Crippen LogP contribution in [0.4, 0.5) is 0 Å². The van der Waals surface area contributed by atoms with Crippen molar-refractivity contribution in [3.8, 4) is 17.2 Å². The zero-order chi connectivity index (χ0) is 19.8. The first-order chi connectivity index (χ1) is 13.0. The van der Waals surface area contributed by atoms with E-state index in [9.17, 15) is 9.59 Å². The van der Waals surface area contributed by atoms with E-state index in [1.54, 1.807) is 43.3 Å². The molecule has 0 spiro atoms. The maximum absolute atomic E-state index is 12.7. The van der Waals surface area contributed by atoms with Crippen LogP contribution in [0, 0.1) is 0 Å². The SMILES string of the molecule is CCOC(=O)C(CC(=O)c1ccccc1)c1cc(OC)c(OC)c(OC)c1. The molecule has 0 bridgehead atoms. The van der Waals surface area contributed by atoms with E-state index in [1.165, 1.54) is 21.3 Å². The van der Waals surface area contributed by atoms with Gasteiger partial charge in [0.05, 0.1) is 33.9 Å². The third-order valence-electron chi connectivity index (χ3n) is 4.15. The van der Waals surface area contributed by atoms with Gasteiger partial charge in [-0.15, -0.1) is 0 Å². The predicted molar refractivity (Wildman–Crippen MR) is 101 cm³/mol. The highest BCUT2D eigenvalue weighted by molar-refractivity contribution is 5.99. The van der Waals surface area contributed by atoms with Crippen molar-refractivity contribution in [1.29, 1.82) is 0 Å². The number of ether oxygens (including phenoxy) is 4. The molecule has 1 atom stereocenters. The molecule has 6 nitrogen and oxygen atoms in total. The van der Waals surface area contributed by atoms with Gasteiger partial charge in [-0.25, -0.2) is 0 Å². The van der Waals surface area contributed by atoms with Crippen LogP contribution in [-0.4, -0.2) is 39.7 Å². The summed E-state index contributed by atoms with van der Waals surface area (Å²) in [7, 11) is 4.49. The van der Waals surface area contributed by atoms with Crippen molar-refractivity contribution in [3.63, 3.8) is 0 Å². The fourth-order valence-corrected chi connectivity index (χ4v) is 2.81. The minimum absolute atomic E-state index is 0.0263. The molecule has 2 aromatic rings. The molecule has 0 saturated heterocycles. The summed E-state index contributed by atoms with van der Waals surface area (Å²) < 4.78 is 21.2. The minimum atomic E-state index is -0.786. The van der Waals surface area contributed by atoms with Gasteiger partial charge in [-0.1, -0.05) is 30.3 Å². The van der Waals surface area contributed by atoms with Crippen molar-refractivity contribution in [3.05, 3.63) is 53.6 Å². The second kappa shape index (κ2) is 9.62. The Hall–Kier alpha value is -3.02. The summed E-state index contributed by atoms with van der Waals surface area (Å²) in [5.41, 5.74) is 1.10. The summed E-state index contributed by atoms with van der Waals surface area (Å²) >= 11 is 0. The maximum Gasteiger partial charge on any atom is 0.313 e. The summed E-state index contributed by atoms with van der Waals surface area (Å²) in [5, 5.41) is 0. The lowest BCUT2D eigenvalue weighted by molar-refractivity contribution is -0.144. The van der Waals surface area contributed by atoms with Crippen molar-refractivity contribution in [2.24, 2.45) is 0 Å². The number of carbonyl (C=O) groups is 2. The number of Topliss-reactive ketones (excluding diaryl/α,β-unsaturated/α-hetero) is 1. The van der Waals surface area contributed by atoms with Gasteiger partial charge in [-0.2, -0.15) is 0 Å². The molecule has 6 heteroatoms. The van der Waals surface area contributed by atoms with E-state index in [1.807, 2.05) is 6.07 Å². The van der Waals surface area contributed by atoms with Gasteiger partial charge < -0.3 is 18.9 Å². The molecule has 0 aliphatic carbocycles. The van der Waals surface area contributed by atoms with E-state index >= 15 is 0 Å². The van der Waals surface area contributed by atoms with Crippen molar-refractivity contribution >= 4 is 11.8 Å². The average Bonchev–Trinajstić information content (AvgIpc) is 2.71. The lowest BCUT2D eigenvalue weighted by Gasteiger charge is -2.19. The summed E-state index contributed by atoms with van der Waals surface area (Å²) in [6, 6.07) is 12.2. The van der Waals surface area contributed by atoms with Crippen molar-refractivity contribution < 1.29 is 28.5 Å². The van der Waals surface area contributed by atoms with Gasteiger partial charge in [-0.3, -0.25) is 9.59 Å². The molecular weight excluding hydrogens is 348 g/mol. The standard InChI is InChI=1S/C21H24O6/c1-5-27-21(23)16(13-17(22)14-9-7-6-8-10-14)15-11-18(24-2)20(26-4)19(12-15)25-3/h6-12,16H,5,13H2,1-4H3. The number of hydrogen-bond acceptors (Lipinski definition) is 6. The Morgan fingerprint density at radius 1 is 0.926 bits per heavy atom. The van der Waals surface area contributed by atoms with Crippen molar-refractivity contribution in [1.82, 2.24) is 0 Å². The lowest BCUT2D eigenvalue weighted by Crippen LogP contribution is -2.20. The predicted octanol–water partition coefficient (Wildman–Crippen LogP) is 3.63. The van der Waals surface area contributed by atoms with E-state index in [0.717, 1.165) is 0 Å². The number of esters is 1. The van der Waals surface area contributed by atoms with Gasteiger partial charge >= 0.3 is 5.97 Å². The highest BCUT2D eigenvalue weighted by Gasteiger charge is 2.28. The molecular formula is C21H24O6. The monoisotopic (exact) mass is 372 g/mol. The van der Waals surface area contributed by atoms with Crippen LogP contribution in [0.5, 0.6) is 17.2 Å². The summed E-state index contributed by atoms with van der Waals surface area (Å²) in [6.45, 7) is 1.95. The molecule has 144 valence electrons. The van der Waals surface area contributed by atoms with Gasteiger partial charge in [0.25, 0.3) is 0 Å². The molecule has 0 amide bonds. The molecule has 0 aromatic heterocycles. The van der Waals surface area contributed by atoms with Gasteiger partial charge in [0.15, 0.2) is 17.3 Å². The van der Waals surface area contributed by atoms with Crippen LogP contribution in [0.25, 0.3) is 0 Å². The molecule has 0 aliphatic rings. The second-order valence-electron chi connectivity index (χ2n) is 5.76. The number of ketones is 1. The highest BCUT2D eigenvalue weighted by Crippen LogP contribution is 2.41. The van der Waals surface area contributed by atoms with E-state index in [2.05, 4.69) is 0 Å². The van der Waals surface area contributed by atoms with Crippen LogP contribution >= 0.6 is 0 Å². The number of rotatable bonds is 9. The van der Waals surface area contributed by atoms with Gasteiger partial charge in [-0.05, 0) is 24.6 Å². The Balaban J connectivity index is 2.45. The lowest BCUT2D eigenvalue weighted by atomic mass is 9.91. The van der Waals surface area contributed by atoms with Crippen molar-refractivity contribution in [2.45, 2.75) is 19.3 Å². The number of hydrogen-bond donors (Lipinski definition) is 0. The van der Waals surface area contributed by atoms with Crippen LogP contribution in [0.15, 0.2) is 42.5 Å². The Bertz CT molecular complexity index is 760. The third kappa shape index (κ3) is 4.78. The van der Waals surface area contributed by atoms with E-state index < -0.39 is 11.9 Å². The topological polar surface area (TPSA) is 71.1 Å². The first kappa shape index (κ1) is 20.3. The average molecular weight is 372 g/mol. The van der Waals surface area contributed by atoms with Crippen LogP contribution in [0.2, 0.25) is 0 Å². The Labute approximate surface area is 159 Å². The first-order valence-electron chi connectivity index (χ1n) is 8.60. The zero-order valence-electron chi connectivity index (χ0n) is 16.0. The number of methoxy groups -OCH3 is 3. The van der Waals surface area contributed by atoms with Gasteiger partial charge in [0, 0.05) is 12.0 Å². The minimum Gasteiger partial charge on any atom is -0.493 e. The normalized spacial score (nSPS) is 11.4. The molecule has 1 unspecified atom stereocenters. The van der Waals surface area contributed by atoms with Crippen LogP contribution in [0.1, 0.15) is 35.2 Å². The molecule has 0 fully saturated rings. The molecule has 0 heterocycles. The van der Waals surface area contributed by atoms with Crippen LogP contribution in [0.3, 0.4) is 0 Å². The Kier molecular flexibility index (Phi) is 7.23. The summed E-state index contributed by atoms with van der Waals surface area (Å²) in [4.78, 5) is 25.3. The number of carbonyl (C=O) groups excluding carboxylic acids is 2. The van der Waals surface area contributed by atoms with Crippen LogP contribution in [-0.2, 0) is 9.53 Å². The Morgan fingerprint density at radius 2 is 1.52 bits per heavy atom. The Morgan fingerprint density at radius 3 is 2.00 bits per heavy atom. The smallest absolute Gasteiger partial charge is 0.313 e. The molecule has 0 aliphatic heterocycles. The zero-order valence-corrected chi connectivity index (χ0v) is 16.0. The van der Waals surface area contributed by atoms with Crippen molar-refractivity contribution in [2.75, 3.05) is 27.9 Å². The van der Waals surface area contributed by atoms with E-state index in [0.29, 0.717) is 28.4 Å². The second-order valence-corrected chi connectivity index (χ2v) is 5.76. The quantitative estimate of drug-likeness (QED) is 0.494. The molecule has 0 N–H and O–H groups in total. The molecule has 2 rings (SSSR count). The maximum atomic E-state index is 12.7. The summed E-state index contributed by atoms with van der Waals surface area (Å²) in [6.07, 6.45) is -0.0263. The molecule has 27 heavy (non-hydrogen) atoms. The molecule has 0 radical (unpaired) electrons. The molecule has 2 aromatic carbocycles. The molecule has 0 saturated carbocycles. The van der Waals surface area contributed by atoms with E-state index in [4.69, 9.17) is 18.9 Å². The fraction of sp³-hybridized carbons (Fsp3) is 0.333. The van der Waals surface area contributed by atoms with Gasteiger partial charge in [0.2, 0.25) is 5.75 Å². The third-order valence-corrected chi connectivity index (χ3v) is 4.15. The number of benzene rings is 2. The van der Waals surface area contributed by atoms with Gasteiger partial charge in [0.1, 0.15) is 0 Å². The fourth-order valence-electron chi connectivity index (χ4n) is 2.81. The van der Waals surface area contributed by atoms with Crippen LogP contribution < -0.4 is 14.2 Å².